The lowest BCUT2D eigenvalue weighted by Crippen LogP contribution is -2.15. The van der Waals surface area contributed by atoms with Gasteiger partial charge in [-0.3, -0.25) is 0 Å². The second kappa shape index (κ2) is 7.48. The van der Waals surface area contributed by atoms with Crippen molar-refractivity contribution in [3.63, 3.8) is 0 Å². The molecule has 1 heterocycles. The molecule has 0 aliphatic heterocycles. The summed E-state index contributed by atoms with van der Waals surface area (Å²) in [5.74, 6) is 1.60. The molecule has 1 N–H and O–H groups in total. The molecular weight excluding hydrogens is 322 g/mol. The maximum Gasteiger partial charge on any atom is 0.223 e. The molecule has 2 atom stereocenters. The highest BCUT2D eigenvalue weighted by atomic mass is 79.9. The lowest BCUT2D eigenvalue weighted by Gasteiger charge is -2.26. The average molecular weight is 344 g/mol. The van der Waals surface area contributed by atoms with Crippen molar-refractivity contribution in [3.05, 3.63) is 10.7 Å². The van der Waals surface area contributed by atoms with Crippen LogP contribution in [0.15, 0.2) is 15.7 Å². The Morgan fingerprint density at radius 3 is 3.05 bits per heavy atom. The van der Waals surface area contributed by atoms with Crippen molar-refractivity contribution in [3.8, 4) is 0 Å². The summed E-state index contributed by atoms with van der Waals surface area (Å²) < 4.78 is 1.01. The summed E-state index contributed by atoms with van der Waals surface area (Å²) in [6, 6.07) is 0. The summed E-state index contributed by atoms with van der Waals surface area (Å²) >= 11 is 5.47. The summed E-state index contributed by atoms with van der Waals surface area (Å²) in [6.07, 6.45) is 8.29. The molecule has 5 heteroatoms. The molecule has 1 saturated carbocycles. The number of thioether (sulfide) groups is 1. The van der Waals surface area contributed by atoms with E-state index in [0.29, 0.717) is 5.25 Å². The molecule has 0 radical (unpaired) electrons. The highest BCUT2D eigenvalue weighted by molar-refractivity contribution is 9.10. The van der Waals surface area contributed by atoms with Gasteiger partial charge in [0.1, 0.15) is 5.03 Å². The van der Waals surface area contributed by atoms with Gasteiger partial charge in [-0.05, 0) is 41.1 Å². The number of aromatic nitrogens is 2. The van der Waals surface area contributed by atoms with Crippen LogP contribution >= 0.6 is 27.7 Å². The molecule has 106 valence electrons. The van der Waals surface area contributed by atoms with Crippen LogP contribution in [0.4, 0.5) is 5.95 Å². The quantitative estimate of drug-likeness (QED) is 0.784. The molecule has 0 spiro atoms. The van der Waals surface area contributed by atoms with E-state index in [1.54, 1.807) is 0 Å². The van der Waals surface area contributed by atoms with Gasteiger partial charge in [0.05, 0.1) is 4.47 Å². The first-order chi connectivity index (χ1) is 9.19. The lowest BCUT2D eigenvalue weighted by atomic mass is 9.91. The van der Waals surface area contributed by atoms with Crippen molar-refractivity contribution in [2.24, 2.45) is 5.92 Å². The van der Waals surface area contributed by atoms with Crippen LogP contribution in [-0.2, 0) is 0 Å². The minimum absolute atomic E-state index is 0.703. The monoisotopic (exact) mass is 343 g/mol. The number of halogens is 1. The summed E-state index contributed by atoms with van der Waals surface area (Å²) in [7, 11) is 0. The molecule has 3 nitrogen and oxygen atoms in total. The van der Waals surface area contributed by atoms with Gasteiger partial charge in [-0.25, -0.2) is 9.97 Å². The molecule has 0 saturated heterocycles. The van der Waals surface area contributed by atoms with Crippen LogP contribution in [0.2, 0.25) is 0 Å². The van der Waals surface area contributed by atoms with E-state index in [9.17, 15) is 0 Å². The fourth-order valence-electron chi connectivity index (χ4n) is 2.40. The van der Waals surface area contributed by atoms with Crippen LogP contribution in [0.1, 0.15) is 46.0 Å². The van der Waals surface area contributed by atoms with E-state index in [2.05, 4.69) is 45.1 Å². The van der Waals surface area contributed by atoms with Gasteiger partial charge in [-0.1, -0.05) is 26.7 Å². The standard InChI is InChI=1S/C14H22BrN3S/c1-3-7-16-14-17-9-12(15)13(18-14)19-11-6-4-5-10(2)8-11/h9-11H,3-8H2,1-2H3,(H,16,17,18). The molecule has 1 aromatic heterocycles. The van der Waals surface area contributed by atoms with Crippen molar-refractivity contribution < 1.29 is 0 Å². The number of hydrogen-bond donors (Lipinski definition) is 1. The van der Waals surface area contributed by atoms with E-state index in [0.717, 1.165) is 34.3 Å². The molecule has 0 bridgehead atoms. The van der Waals surface area contributed by atoms with Gasteiger partial charge in [0.25, 0.3) is 0 Å². The van der Waals surface area contributed by atoms with Crippen molar-refractivity contribution in [2.45, 2.75) is 56.2 Å². The van der Waals surface area contributed by atoms with E-state index in [1.807, 2.05) is 18.0 Å². The predicted octanol–water partition coefficient (Wildman–Crippen LogP) is 4.73. The Bertz CT molecular complexity index is 414. The third-order valence-corrected chi connectivity index (χ3v) is 5.55. The van der Waals surface area contributed by atoms with Crippen LogP contribution in [0.3, 0.4) is 0 Å². The van der Waals surface area contributed by atoms with Crippen LogP contribution in [0.5, 0.6) is 0 Å². The first kappa shape index (κ1) is 15.1. The lowest BCUT2D eigenvalue weighted by molar-refractivity contribution is 0.394. The fraction of sp³-hybridized carbons (Fsp3) is 0.714. The number of nitrogens with zero attached hydrogens (tertiary/aromatic N) is 2. The molecular formula is C14H22BrN3S. The van der Waals surface area contributed by atoms with Gasteiger partial charge in [0.15, 0.2) is 0 Å². The molecule has 1 fully saturated rings. The Kier molecular flexibility index (Phi) is 5.95. The van der Waals surface area contributed by atoms with E-state index >= 15 is 0 Å². The Morgan fingerprint density at radius 2 is 2.32 bits per heavy atom. The van der Waals surface area contributed by atoms with Gasteiger partial charge >= 0.3 is 0 Å². The zero-order valence-electron chi connectivity index (χ0n) is 11.7. The van der Waals surface area contributed by atoms with Crippen LogP contribution in [0, 0.1) is 5.92 Å². The van der Waals surface area contributed by atoms with Gasteiger partial charge in [-0.2, -0.15) is 0 Å². The first-order valence-electron chi connectivity index (χ1n) is 7.12. The first-order valence-corrected chi connectivity index (χ1v) is 8.79. The Morgan fingerprint density at radius 1 is 1.47 bits per heavy atom. The fourth-order valence-corrected chi connectivity index (χ4v) is 4.20. The van der Waals surface area contributed by atoms with Crippen LogP contribution < -0.4 is 5.32 Å². The van der Waals surface area contributed by atoms with Gasteiger partial charge in [-0.15, -0.1) is 11.8 Å². The number of hydrogen-bond acceptors (Lipinski definition) is 4. The second-order valence-corrected chi connectivity index (χ2v) is 7.43. The largest absolute Gasteiger partial charge is 0.354 e. The number of nitrogens with one attached hydrogen (secondary N) is 1. The molecule has 2 unspecified atom stereocenters. The topological polar surface area (TPSA) is 37.8 Å². The van der Waals surface area contributed by atoms with E-state index in [1.165, 1.54) is 25.7 Å². The van der Waals surface area contributed by atoms with Crippen molar-refractivity contribution in [1.82, 2.24) is 9.97 Å². The zero-order valence-corrected chi connectivity index (χ0v) is 14.1. The van der Waals surface area contributed by atoms with E-state index in [-0.39, 0.29) is 0 Å². The number of rotatable bonds is 5. The minimum atomic E-state index is 0.703. The zero-order chi connectivity index (χ0) is 13.7. The van der Waals surface area contributed by atoms with Crippen LogP contribution in [-0.4, -0.2) is 21.8 Å². The highest BCUT2D eigenvalue weighted by Gasteiger charge is 2.21. The summed E-state index contributed by atoms with van der Waals surface area (Å²) in [5, 5.41) is 5.03. The van der Waals surface area contributed by atoms with E-state index < -0.39 is 0 Å². The number of anilines is 1. The second-order valence-electron chi connectivity index (χ2n) is 5.29. The Labute approximate surface area is 128 Å². The Balaban J connectivity index is 2.01. The molecule has 19 heavy (non-hydrogen) atoms. The molecule has 1 aliphatic rings. The van der Waals surface area contributed by atoms with E-state index in [4.69, 9.17) is 0 Å². The minimum Gasteiger partial charge on any atom is -0.354 e. The van der Waals surface area contributed by atoms with Crippen molar-refractivity contribution >= 4 is 33.6 Å². The average Bonchev–Trinajstić information content (AvgIpc) is 2.40. The summed E-state index contributed by atoms with van der Waals surface area (Å²) in [5.41, 5.74) is 0. The van der Waals surface area contributed by atoms with Crippen LogP contribution in [0.25, 0.3) is 0 Å². The summed E-state index contributed by atoms with van der Waals surface area (Å²) in [6.45, 7) is 5.42. The van der Waals surface area contributed by atoms with Gasteiger partial charge < -0.3 is 5.32 Å². The Hall–Kier alpha value is -0.290. The normalized spacial score (nSPS) is 23.3. The summed E-state index contributed by atoms with van der Waals surface area (Å²) in [4.78, 5) is 8.92. The SMILES string of the molecule is CCCNc1ncc(Br)c(SC2CCCC(C)C2)n1. The molecule has 1 aliphatic carbocycles. The van der Waals surface area contributed by atoms with Gasteiger partial charge in [0.2, 0.25) is 5.95 Å². The predicted molar refractivity (Wildman–Crippen MR) is 85.8 cm³/mol. The smallest absolute Gasteiger partial charge is 0.223 e. The van der Waals surface area contributed by atoms with Crippen molar-refractivity contribution in [1.29, 1.82) is 0 Å². The van der Waals surface area contributed by atoms with Crippen molar-refractivity contribution in [2.75, 3.05) is 11.9 Å². The van der Waals surface area contributed by atoms with Gasteiger partial charge in [0, 0.05) is 18.0 Å². The molecule has 1 aromatic rings. The third kappa shape index (κ3) is 4.63. The third-order valence-electron chi connectivity index (χ3n) is 3.41. The molecule has 0 aromatic carbocycles. The maximum atomic E-state index is 4.62. The molecule has 2 rings (SSSR count). The maximum absolute atomic E-state index is 4.62. The highest BCUT2D eigenvalue weighted by Crippen LogP contribution is 2.37. The molecule has 0 amide bonds.